The van der Waals surface area contributed by atoms with Crippen LogP contribution >= 0.6 is 0 Å². The van der Waals surface area contributed by atoms with Crippen molar-refractivity contribution in [3.8, 4) is 0 Å². The zero-order valence-corrected chi connectivity index (χ0v) is 27.0. The average Bonchev–Trinajstić information content (AvgIpc) is 3.34. The van der Waals surface area contributed by atoms with Gasteiger partial charge in [-0.3, -0.25) is 4.79 Å². The molecule has 0 spiro atoms. The molecule has 0 bridgehead atoms. The Morgan fingerprint density at radius 2 is 1.39 bits per heavy atom. The summed E-state index contributed by atoms with van der Waals surface area (Å²) in [5, 5.41) is 0.657. The second-order valence-corrected chi connectivity index (χ2v) is 10.6. The van der Waals surface area contributed by atoms with Gasteiger partial charge in [-0.2, -0.15) is 0 Å². The standard InChI is InChI=1S/C27H30O4.2C5H12/c1-5-7-10-19-14-16-20(17-15-19)25(28)24-21-11-9-12-22(27(29)30-18(3)4)26(21)31-23(24)13-8-6-2;2*1-3-5-4-2/h7,9-12,14-18H,5-6,8,13H2,1-4H3;2*3-5H2,1-2H3/b10-7+;;. The van der Waals surface area contributed by atoms with Gasteiger partial charge in [-0.25, -0.2) is 4.79 Å². The fourth-order valence-corrected chi connectivity index (χ4v) is 4.22. The molecule has 0 saturated carbocycles. The number of benzene rings is 2. The first-order valence-electron chi connectivity index (χ1n) is 15.9. The van der Waals surface area contributed by atoms with Crippen LogP contribution in [0, 0.1) is 0 Å². The van der Waals surface area contributed by atoms with Crippen LogP contribution in [0.25, 0.3) is 17.0 Å². The number of rotatable bonds is 13. The third kappa shape index (κ3) is 12.1. The number of furan rings is 1. The largest absolute Gasteiger partial charge is 0.459 e. The maximum absolute atomic E-state index is 13.5. The smallest absolute Gasteiger partial charge is 0.342 e. The summed E-state index contributed by atoms with van der Waals surface area (Å²) in [4.78, 5) is 26.1. The number of aryl methyl sites for hydroxylation is 1. The van der Waals surface area contributed by atoms with Crippen LogP contribution in [0.2, 0.25) is 0 Å². The number of fused-ring (bicyclic) bond motifs is 1. The normalized spacial score (nSPS) is 10.8. The van der Waals surface area contributed by atoms with Gasteiger partial charge in [-0.05, 0) is 38.3 Å². The summed E-state index contributed by atoms with van der Waals surface area (Å²) >= 11 is 0. The molecular weight excluding hydrogens is 508 g/mol. The lowest BCUT2D eigenvalue weighted by atomic mass is 9.97. The van der Waals surface area contributed by atoms with Gasteiger partial charge in [-0.1, -0.05) is 135 Å². The molecule has 41 heavy (non-hydrogen) atoms. The SMILES string of the molecule is CC/C=C/c1ccc(C(=O)c2c(CCCC)oc3c(C(=O)OC(C)C)cccc23)cc1.CCCCC.CCCCC. The van der Waals surface area contributed by atoms with Crippen molar-refractivity contribution in [1.82, 2.24) is 0 Å². The Balaban J connectivity index is 0.000000722. The lowest BCUT2D eigenvalue weighted by molar-refractivity contribution is 0.0379. The Bertz CT molecular complexity index is 1170. The number of para-hydroxylation sites is 1. The van der Waals surface area contributed by atoms with E-state index < -0.39 is 5.97 Å². The van der Waals surface area contributed by atoms with Crippen molar-refractivity contribution in [1.29, 1.82) is 0 Å². The van der Waals surface area contributed by atoms with Crippen molar-refractivity contribution in [2.75, 3.05) is 0 Å². The van der Waals surface area contributed by atoms with E-state index in [2.05, 4.69) is 47.6 Å². The minimum absolute atomic E-state index is 0.0924. The van der Waals surface area contributed by atoms with Gasteiger partial charge in [0.15, 0.2) is 5.78 Å². The molecule has 0 radical (unpaired) electrons. The number of ketones is 1. The van der Waals surface area contributed by atoms with E-state index in [-0.39, 0.29) is 11.9 Å². The fraction of sp³-hybridized carbons (Fsp3) is 0.514. The van der Waals surface area contributed by atoms with Crippen molar-refractivity contribution in [3.05, 3.63) is 76.6 Å². The molecule has 4 heteroatoms. The quantitative estimate of drug-likeness (QED) is 0.153. The molecule has 1 aromatic heterocycles. The number of ether oxygens (including phenoxy) is 1. The minimum atomic E-state index is -0.442. The molecule has 0 aliphatic rings. The zero-order valence-electron chi connectivity index (χ0n) is 27.0. The maximum Gasteiger partial charge on any atom is 0.342 e. The van der Waals surface area contributed by atoms with Gasteiger partial charge in [0, 0.05) is 17.4 Å². The summed E-state index contributed by atoms with van der Waals surface area (Å²) in [6.07, 6.45) is 15.5. The van der Waals surface area contributed by atoms with Crippen molar-refractivity contribution in [2.24, 2.45) is 0 Å². The molecule has 2 aromatic carbocycles. The van der Waals surface area contributed by atoms with E-state index in [0.29, 0.717) is 39.8 Å². The summed E-state index contributed by atoms with van der Waals surface area (Å²) < 4.78 is 11.5. The van der Waals surface area contributed by atoms with Crippen molar-refractivity contribution in [3.63, 3.8) is 0 Å². The first-order valence-corrected chi connectivity index (χ1v) is 15.9. The predicted octanol–water partition coefficient (Wildman–Crippen LogP) is 11.4. The highest BCUT2D eigenvalue weighted by Gasteiger charge is 2.25. The summed E-state index contributed by atoms with van der Waals surface area (Å²) in [7, 11) is 0. The van der Waals surface area contributed by atoms with Crippen LogP contribution in [0.4, 0.5) is 0 Å². The molecule has 0 saturated heterocycles. The third-order valence-corrected chi connectivity index (χ3v) is 6.47. The van der Waals surface area contributed by atoms with E-state index >= 15 is 0 Å². The molecule has 3 rings (SSSR count). The molecule has 0 atom stereocenters. The monoisotopic (exact) mass is 562 g/mol. The van der Waals surface area contributed by atoms with E-state index in [1.807, 2.05) is 36.4 Å². The number of carbonyl (C=O) groups excluding carboxylic acids is 2. The zero-order chi connectivity index (χ0) is 30.6. The summed E-state index contributed by atoms with van der Waals surface area (Å²) in [6, 6.07) is 12.9. The van der Waals surface area contributed by atoms with Crippen LogP contribution in [0.5, 0.6) is 0 Å². The molecule has 1 heterocycles. The Labute approximate surface area is 249 Å². The molecule has 4 nitrogen and oxygen atoms in total. The van der Waals surface area contributed by atoms with Crippen molar-refractivity contribution >= 4 is 28.8 Å². The number of unbranched alkanes of at least 4 members (excludes halogenated alkanes) is 5. The van der Waals surface area contributed by atoms with E-state index in [1.165, 1.54) is 38.5 Å². The first kappa shape index (κ1) is 35.9. The van der Waals surface area contributed by atoms with Crippen LogP contribution < -0.4 is 0 Å². The van der Waals surface area contributed by atoms with Gasteiger partial charge in [0.25, 0.3) is 0 Å². The molecule has 0 N–H and O–H groups in total. The van der Waals surface area contributed by atoms with Crippen LogP contribution in [0.15, 0.2) is 53.0 Å². The lowest BCUT2D eigenvalue weighted by Crippen LogP contribution is -2.11. The molecule has 0 amide bonds. The molecule has 226 valence electrons. The van der Waals surface area contributed by atoms with Crippen molar-refractivity contribution < 1.29 is 18.7 Å². The number of carbonyl (C=O) groups is 2. The summed E-state index contributed by atoms with van der Waals surface area (Å²) in [6.45, 7) is 16.6. The van der Waals surface area contributed by atoms with E-state index in [1.54, 1.807) is 26.0 Å². The van der Waals surface area contributed by atoms with Gasteiger partial charge < -0.3 is 9.15 Å². The number of esters is 1. The molecule has 0 aliphatic carbocycles. The molecular formula is C37H54O4. The lowest BCUT2D eigenvalue weighted by Gasteiger charge is -2.08. The third-order valence-electron chi connectivity index (χ3n) is 6.47. The Morgan fingerprint density at radius 3 is 1.88 bits per heavy atom. The van der Waals surface area contributed by atoms with Gasteiger partial charge in [0.1, 0.15) is 16.9 Å². The second-order valence-electron chi connectivity index (χ2n) is 10.6. The van der Waals surface area contributed by atoms with Crippen LogP contribution in [-0.4, -0.2) is 17.9 Å². The maximum atomic E-state index is 13.5. The number of hydrogen-bond donors (Lipinski definition) is 0. The van der Waals surface area contributed by atoms with Crippen molar-refractivity contribution in [2.45, 2.75) is 126 Å². The minimum Gasteiger partial charge on any atom is -0.459 e. The first-order chi connectivity index (χ1) is 19.8. The van der Waals surface area contributed by atoms with Gasteiger partial charge in [-0.15, -0.1) is 0 Å². The topological polar surface area (TPSA) is 56.5 Å². The van der Waals surface area contributed by atoms with Crippen LogP contribution in [0.1, 0.15) is 151 Å². The average molecular weight is 563 g/mol. The Kier molecular flexibility index (Phi) is 18.1. The highest BCUT2D eigenvalue weighted by molar-refractivity contribution is 6.18. The highest BCUT2D eigenvalue weighted by atomic mass is 16.5. The van der Waals surface area contributed by atoms with E-state index in [0.717, 1.165) is 24.8 Å². The fourth-order valence-electron chi connectivity index (χ4n) is 4.22. The predicted molar refractivity (Wildman–Crippen MR) is 175 cm³/mol. The van der Waals surface area contributed by atoms with Gasteiger partial charge in [0.2, 0.25) is 0 Å². The Hall–Kier alpha value is -3.14. The van der Waals surface area contributed by atoms with E-state index in [9.17, 15) is 9.59 Å². The second kappa shape index (κ2) is 20.7. The molecule has 0 fully saturated rings. The highest BCUT2D eigenvalue weighted by Crippen LogP contribution is 2.32. The Morgan fingerprint density at radius 1 is 0.805 bits per heavy atom. The molecule has 0 aliphatic heterocycles. The van der Waals surface area contributed by atoms with Crippen LogP contribution in [0.3, 0.4) is 0 Å². The summed E-state index contributed by atoms with van der Waals surface area (Å²) in [5.41, 5.74) is 2.97. The molecule has 3 aromatic rings. The van der Waals surface area contributed by atoms with Crippen LogP contribution in [-0.2, 0) is 11.2 Å². The number of allylic oxidation sites excluding steroid dienone is 1. The van der Waals surface area contributed by atoms with Gasteiger partial charge >= 0.3 is 5.97 Å². The van der Waals surface area contributed by atoms with E-state index in [4.69, 9.17) is 9.15 Å². The molecule has 0 unspecified atom stereocenters. The number of hydrogen-bond acceptors (Lipinski definition) is 4. The summed E-state index contributed by atoms with van der Waals surface area (Å²) in [5.74, 6) is 0.0920. The van der Waals surface area contributed by atoms with Gasteiger partial charge in [0.05, 0.1) is 11.7 Å².